The van der Waals surface area contributed by atoms with Gasteiger partial charge in [-0.2, -0.15) is 13.2 Å². The highest BCUT2D eigenvalue weighted by molar-refractivity contribution is 5.90. The van der Waals surface area contributed by atoms with Crippen LogP contribution in [0.5, 0.6) is 0 Å². The van der Waals surface area contributed by atoms with Crippen LogP contribution in [0.3, 0.4) is 0 Å². The summed E-state index contributed by atoms with van der Waals surface area (Å²) < 4.78 is 38.7. The number of alkyl halides is 3. The summed E-state index contributed by atoms with van der Waals surface area (Å²) in [6.45, 7) is 1.57. The van der Waals surface area contributed by atoms with Crippen molar-refractivity contribution < 1.29 is 27.9 Å². The molecule has 0 aliphatic carbocycles. The van der Waals surface area contributed by atoms with Gasteiger partial charge in [-0.1, -0.05) is 17.3 Å². The first-order valence-electron chi connectivity index (χ1n) is 11.5. The number of halogens is 3. The van der Waals surface area contributed by atoms with Gasteiger partial charge in [-0.15, -0.1) is 0 Å². The summed E-state index contributed by atoms with van der Waals surface area (Å²) in [5.41, 5.74) is 3.30. The van der Waals surface area contributed by atoms with E-state index in [0.717, 1.165) is 42.8 Å². The first-order valence-corrected chi connectivity index (χ1v) is 11.5. The summed E-state index contributed by atoms with van der Waals surface area (Å²) in [7, 11) is 0. The number of aliphatic hydroxyl groups excluding tert-OH is 1. The van der Waals surface area contributed by atoms with Crippen LogP contribution in [0.4, 0.5) is 23.7 Å². The molecule has 192 valence electrons. The van der Waals surface area contributed by atoms with E-state index in [0.29, 0.717) is 24.5 Å². The molecule has 0 saturated carbocycles. The number of pyridine rings is 1. The molecule has 3 N–H and O–H groups in total. The molecule has 4 rings (SSSR count). The number of hydrogen-bond donors (Lipinski definition) is 3. The van der Waals surface area contributed by atoms with Gasteiger partial charge in [-0.25, -0.2) is 9.78 Å². The second-order valence-electron chi connectivity index (χ2n) is 8.50. The fourth-order valence-corrected chi connectivity index (χ4v) is 3.92. The fraction of sp³-hybridized carbons (Fsp3) is 0.375. The molecule has 12 heteroatoms. The predicted octanol–water partition coefficient (Wildman–Crippen LogP) is 3.49. The summed E-state index contributed by atoms with van der Waals surface area (Å²) >= 11 is 0. The fourth-order valence-electron chi connectivity index (χ4n) is 3.92. The maximum atomic E-state index is 12.3. The highest BCUT2D eigenvalue weighted by Crippen LogP contribution is 2.24. The number of carbonyl (C=O) groups excluding carboxylic acids is 1. The number of nitrogens with one attached hydrogen (secondary N) is 2. The Kier molecular flexibility index (Phi) is 8.06. The third kappa shape index (κ3) is 7.18. The molecule has 3 aromatic rings. The van der Waals surface area contributed by atoms with Crippen molar-refractivity contribution in [3.63, 3.8) is 0 Å². The zero-order valence-electron chi connectivity index (χ0n) is 19.4. The van der Waals surface area contributed by atoms with Crippen molar-refractivity contribution in [1.82, 2.24) is 19.6 Å². The van der Waals surface area contributed by atoms with Gasteiger partial charge in [-0.05, 0) is 37.1 Å². The number of carbonyl (C=O) groups is 1. The number of urea groups is 1. The first kappa shape index (κ1) is 25.5. The van der Waals surface area contributed by atoms with Gasteiger partial charge in [0.2, 0.25) is 0 Å². The zero-order chi connectivity index (χ0) is 25.5. The number of oxime groups is 1. The van der Waals surface area contributed by atoms with Gasteiger partial charge in [0.15, 0.2) is 0 Å². The Labute approximate surface area is 205 Å². The lowest BCUT2D eigenvalue weighted by molar-refractivity contribution is -0.122. The van der Waals surface area contributed by atoms with E-state index < -0.39 is 18.8 Å². The van der Waals surface area contributed by atoms with Crippen LogP contribution in [-0.4, -0.2) is 76.7 Å². The minimum absolute atomic E-state index is 0.221. The number of nitrogens with zero attached hydrogens (tertiary/aromatic N) is 4. The number of aliphatic hydroxyl groups is 1. The van der Waals surface area contributed by atoms with Gasteiger partial charge in [0, 0.05) is 42.6 Å². The molecule has 36 heavy (non-hydrogen) atoms. The van der Waals surface area contributed by atoms with E-state index in [4.69, 9.17) is 4.84 Å². The Morgan fingerprint density at radius 2 is 2.17 bits per heavy atom. The summed E-state index contributed by atoms with van der Waals surface area (Å²) in [4.78, 5) is 23.7. The number of anilines is 1. The van der Waals surface area contributed by atoms with E-state index in [2.05, 4.69) is 20.4 Å². The Hall–Kier alpha value is -3.64. The van der Waals surface area contributed by atoms with Gasteiger partial charge in [0.1, 0.15) is 18.8 Å². The molecule has 0 spiro atoms. The lowest BCUT2D eigenvalue weighted by Crippen LogP contribution is -2.36. The van der Waals surface area contributed by atoms with Crippen molar-refractivity contribution in [2.24, 2.45) is 5.16 Å². The van der Waals surface area contributed by atoms with Crippen LogP contribution in [-0.2, 0) is 4.84 Å². The van der Waals surface area contributed by atoms with Gasteiger partial charge < -0.3 is 25.5 Å². The van der Waals surface area contributed by atoms with E-state index in [1.54, 1.807) is 35.9 Å². The second kappa shape index (κ2) is 11.4. The number of aromatic nitrogens is 2. The molecule has 1 aromatic carbocycles. The van der Waals surface area contributed by atoms with E-state index in [1.807, 2.05) is 28.8 Å². The van der Waals surface area contributed by atoms with E-state index in [9.17, 15) is 23.1 Å². The minimum atomic E-state index is -4.48. The molecule has 3 heterocycles. The van der Waals surface area contributed by atoms with E-state index in [-0.39, 0.29) is 6.10 Å². The number of β-amino-alcohol motifs (C(OH)–C–C–N with tert-alkyl or cyclic N) is 1. The molecule has 9 nitrogen and oxygen atoms in total. The molecule has 1 aliphatic heterocycles. The number of benzene rings is 1. The summed E-state index contributed by atoms with van der Waals surface area (Å²) in [6, 6.07) is 9.50. The molecule has 1 saturated heterocycles. The van der Waals surface area contributed by atoms with Crippen molar-refractivity contribution >= 4 is 23.6 Å². The van der Waals surface area contributed by atoms with Crippen molar-refractivity contribution in [1.29, 1.82) is 0 Å². The van der Waals surface area contributed by atoms with E-state index in [1.165, 1.54) is 0 Å². The van der Waals surface area contributed by atoms with Crippen LogP contribution in [0, 0.1) is 0 Å². The Morgan fingerprint density at radius 3 is 2.94 bits per heavy atom. The van der Waals surface area contributed by atoms with Gasteiger partial charge in [0.25, 0.3) is 0 Å². The minimum Gasteiger partial charge on any atom is -0.396 e. The summed E-state index contributed by atoms with van der Waals surface area (Å²) in [5, 5.41) is 17.7. The van der Waals surface area contributed by atoms with Crippen LogP contribution < -0.4 is 10.6 Å². The zero-order valence-corrected chi connectivity index (χ0v) is 19.4. The normalized spacial score (nSPS) is 16.6. The highest BCUT2D eigenvalue weighted by atomic mass is 19.4. The summed E-state index contributed by atoms with van der Waals surface area (Å²) in [5.74, 6) is 0. The monoisotopic (exact) mass is 504 g/mol. The third-order valence-corrected chi connectivity index (χ3v) is 5.64. The molecule has 2 amide bonds. The van der Waals surface area contributed by atoms with E-state index >= 15 is 0 Å². The molecule has 1 unspecified atom stereocenters. The molecule has 0 radical (unpaired) electrons. The Balaban J connectivity index is 1.33. The number of hydrogen-bond acceptors (Lipinski definition) is 6. The number of likely N-dealkylation sites (tertiary alicyclic amines) is 1. The molecule has 2 aromatic heterocycles. The first-order chi connectivity index (χ1) is 17.3. The molecular formula is C24H27F3N6O3. The van der Waals surface area contributed by atoms with Crippen LogP contribution in [0.2, 0.25) is 0 Å². The topological polar surface area (TPSA) is 103 Å². The second-order valence-corrected chi connectivity index (χ2v) is 8.50. The number of amides is 2. The Bertz CT molecular complexity index is 1210. The highest BCUT2D eigenvalue weighted by Gasteiger charge is 2.27. The largest absolute Gasteiger partial charge is 0.405 e. The van der Waals surface area contributed by atoms with Crippen molar-refractivity contribution in [3.8, 4) is 11.3 Å². The maximum Gasteiger partial charge on any atom is 0.405 e. The van der Waals surface area contributed by atoms with Crippen LogP contribution >= 0.6 is 0 Å². The van der Waals surface area contributed by atoms with Crippen molar-refractivity contribution in [3.05, 3.63) is 54.4 Å². The Morgan fingerprint density at radius 1 is 1.31 bits per heavy atom. The van der Waals surface area contributed by atoms with Gasteiger partial charge >= 0.3 is 12.2 Å². The lowest BCUT2D eigenvalue weighted by Gasteiger charge is -2.13. The number of rotatable bonds is 9. The smallest absolute Gasteiger partial charge is 0.396 e. The predicted molar refractivity (Wildman–Crippen MR) is 129 cm³/mol. The van der Waals surface area contributed by atoms with Gasteiger partial charge in [-0.3, -0.25) is 4.40 Å². The van der Waals surface area contributed by atoms with Crippen molar-refractivity contribution in [2.75, 3.05) is 38.1 Å². The SMILES string of the molecule is O=C(NCC(F)(F)F)Nc1cccc(-c2cnc3cc(C=NOCCCN4CCC(O)C4)ccn23)c1. The molecule has 1 atom stereocenters. The quantitative estimate of drug-likeness (QED) is 0.235. The average Bonchev–Trinajstić information content (AvgIpc) is 3.45. The molecule has 1 aliphatic rings. The standard InChI is InChI=1S/C24H27F3N6O3/c25-24(26,27)16-29-23(35)31-19-4-1-3-18(12-19)21-14-28-22-11-17(5-9-33(21)22)13-30-36-10-2-7-32-8-6-20(34)15-32/h1,3-5,9,11-14,20,34H,2,6-8,10,15-16H2,(H2,29,31,35). The molecular weight excluding hydrogens is 477 g/mol. The van der Waals surface area contributed by atoms with Crippen LogP contribution in [0.15, 0.2) is 53.9 Å². The van der Waals surface area contributed by atoms with Crippen LogP contribution in [0.25, 0.3) is 16.9 Å². The van der Waals surface area contributed by atoms with Crippen LogP contribution in [0.1, 0.15) is 18.4 Å². The lowest BCUT2D eigenvalue weighted by atomic mass is 10.1. The number of fused-ring (bicyclic) bond motifs is 1. The summed E-state index contributed by atoms with van der Waals surface area (Å²) in [6.07, 6.45) is 2.05. The number of imidazole rings is 1. The molecule has 0 bridgehead atoms. The molecule has 1 fully saturated rings. The third-order valence-electron chi connectivity index (χ3n) is 5.64. The van der Waals surface area contributed by atoms with Crippen molar-refractivity contribution in [2.45, 2.75) is 25.1 Å². The maximum absolute atomic E-state index is 12.3. The average molecular weight is 505 g/mol. The van der Waals surface area contributed by atoms with Gasteiger partial charge in [0.05, 0.1) is 24.2 Å².